The number of benzene rings is 1. The Hall–Kier alpha value is -0.960. The van der Waals surface area contributed by atoms with Crippen LogP contribution in [0.3, 0.4) is 0 Å². The number of carbonyl (C=O) groups excluding carboxylic acids is 1. The molecule has 0 spiro atoms. The average molecular weight is 453 g/mol. The van der Waals surface area contributed by atoms with Gasteiger partial charge in [0.15, 0.2) is 9.84 Å². The van der Waals surface area contributed by atoms with Crippen LogP contribution in [0.4, 0.5) is 0 Å². The van der Waals surface area contributed by atoms with E-state index in [1.54, 1.807) is 0 Å². The summed E-state index contributed by atoms with van der Waals surface area (Å²) in [7, 11) is -3.73. The topological polar surface area (TPSA) is 82.6 Å². The minimum absolute atomic E-state index is 0.0677. The van der Waals surface area contributed by atoms with Crippen molar-refractivity contribution in [3.63, 3.8) is 0 Å². The fourth-order valence-electron chi connectivity index (χ4n) is 3.10. The smallest absolute Gasteiger partial charge is 0.256 e. The van der Waals surface area contributed by atoms with Gasteiger partial charge in [0.25, 0.3) is 5.24 Å². The summed E-state index contributed by atoms with van der Waals surface area (Å²) in [4.78, 5) is 16.0. The number of hydrogen-bond acceptors (Lipinski definition) is 6. The Morgan fingerprint density at radius 3 is 2.74 bits per heavy atom. The van der Waals surface area contributed by atoms with Gasteiger partial charge >= 0.3 is 0 Å². The highest BCUT2D eigenvalue weighted by atomic mass is 35.5. The lowest BCUT2D eigenvalue weighted by Crippen LogP contribution is -2.13. The Morgan fingerprint density at radius 1 is 1.41 bits per heavy atom. The first-order valence-corrected chi connectivity index (χ1v) is 11.1. The van der Waals surface area contributed by atoms with E-state index in [1.165, 1.54) is 12.3 Å². The number of sulfone groups is 1. The van der Waals surface area contributed by atoms with Gasteiger partial charge in [0, 0.05) is 35.9 Å². The first-order valence-electron chi connectivity index (χ1n) is 8.05. The predicted molar refractivity (Wildman–Crippen MR) is 104 cm³/mol. The molecule has 0 aliphatic carbocycles. The molecule has 0 N–H and O–H groups in total. The van der Waals surface area contributed by atoms with Crippen LogP contribution in [0.25, 0.3) is 10.9 Å². The number of nitrogens with zero attached hydrogens (tertiary/aromatic N) is 1. The minimum atomic E-state index is -3.73. The second-order valence-corrected chi connectivity index (χ2v) is 9.45. The van der Waals surface area contributed by atoms with Crippen LogP contribution in [-0.2, 0) is 25.9 Å². The van der Waals surface area contributed by atoms with Crippen LogP contribution < -0.4 is 0 Å². The number of aromatic nitrogens is 1. The van der Waals surface area contributed by atoms with Gasteiger partial charge in [-0.1, -0.05) is 23.2 Å². The summed E-state index contributed by atoms with van der Waals surface area (Å²) in [6, 6.07) is 1.42. The molecule has 2 heterocycles. The van der Waals surface area contributed by atoms with Crippen molar-refractivity contribution in [2.75, 3.05) is 26.1 Å². The molecule has 1 atom stereocenters. The van der Waals surface area contributed by atoms with E-state index in [0.29, 0.717) is 19.8 Å². The summed E-state index contributed by atoms with van der Waals surface area (Å²) in [5.41, 5.74) is 0.177. The third-order valence-electron chi connectivity index (χ3n) is 4.29. The number of halogens is 3. The summed E-state index contributed by atoms with van der Waals surface area (Å²) in [5, 5.41) is -0.524. The van der Waals surface area contributed by atoms with E-state index in [-0.39, 0.29) is 49.5 Å². The number of hydrogen-bond donors (Lipinski definition) is 0. The van der Waals surface area contributed by atoms with Crippen LogP contribution in [0.15, 0.2) is 17.2 Å². The molecule has 1 aliphatic rings. The molecule has 0 saturated carbocycles. The Bertz CT molecular complexity index is 1000. The van der Waals surface area contributed by atoms with Crippen molar-refractivity contribution in [2.45, 2.75) is 17.9 Å². The molecular formula is C17H16Cl3NO5S. The Balaban J connectivity index is 2.16. The lowest BCUT2D eigenvalue weighted by atomic mass is 10.1. The van der Waals surface area contributed by atoms with Crippen molar-refractivity contribution < 1.29 is 22.7 Å². The van der Waals surface area contributed by atoms with E-state index in [2.05, 4.69) is 4.98 Å². The van der Waals surface area contributed by atoms with E-state index in [0.717, 1.165) is 12.7 Å². The van der Waals surface area contributed by atoms with E-state index in [4.69, 9.17) is 44.3 Å². The Kier molecular flexibility index (Phi) is 6.30. The largest absolute Gasteiger partial charge is 0.381 e. The van der Waals surface area contributed by atoms with Crippen molar-refractivity contribution in [2.24, 2.45) is 5.92 Å². The first kappa shape index (κ1) is 20.8. The van der Waals surface area contributed by atoms with Crippen molar-refractivity contribution in [3.8, 4) is 0 Å². The molecule has 6 nitrogen and oxygen atoms in total. The quantitative estimate of drug-likeness (QED) is 0.619. The van der Waals surface area contributed by atoms with Crippen molar-refractivity contribution in [1.29, 1.82) is 0 Å². The normalized spacial score (nSPS) is 17.6. The molecule has 10 heteroatoms. The summed E-state index contributed by atoms with van der Waals surface area (Å²) in [6.07, 6.45) is 3.22. The average Bonchev–Trinajstić information content (AvgIpc) is 3.07. The lowest BCUT2D eigenvalue weighted by Gasteiger charge is -2.17. The van der Waals surface area contributed by atoms with E-state index in [1.807, 2.05) is 0 Å². The second-order valence-electron chi connectivity index (χ2n) is 6.34. The Labute approximate surface area is 171 Å². The number of fused-ring (bicyclic) bond motifs is 1. The standard InChI is InChI=1S/C17H16Cl3NO5S/c1-27(23,24)16-11-4-10(18)5-21-15(11)13(17(20)22)14(19)12(16)8-26-7-9-2-3-25-6-9/h4-5,9H,2-3,6-8H2,1H3. The van der Waals surface area contributed by atoms with Crippen molar-refractivity contribution >= 4 is 60.8 Å². The van der Waals surface area contributed by atoms with Crippen LogP contribution in [0.5, 0.6) is 0 Å². The summed E-state index contributed by atoms with van der Waals surface area (Å²) in [6.45, 7) is 1.55. The molecule has 3 rings (SSSR count). The molecule has 2 aromatic rings. The van der Waals surface area contributed by atoms with Gasteiger partial charge in [-0.2, -0.15) is 0 Å². The molecule has 27 heavy (non-hydrogen) atoms. The maximum Gasteiger partial charge on any atom is 0.256 e. The molecule has 1 aromatic heterocycles. The van der Waals surface area contributed by atoms with Gasteiger partial charge in [-0.3, -0.25) is 9.78 Å². The maximum atomic E-state index is 12.5. The number of rotatable bonds is 6. The van der Waals surface area contributed by atoms with E-state index >= 15 is 0 Å². The Morgan fingerprint density at radius 2 is 2.15 bits per heavy atom. The highest BCUT2D eigenvalue weighted by Crippen LogP contribution is 2.38. The lowest BCUT2D eigenvalue weighted by molar-refractivity contribution is 0.0781. The van der Waals surface area contributed by atoms with Gasteiger partial charge in [-0.25, -0.2) is 8.42 Å². The molecule has 1 unspecified atom stereocenters. The van der Waals surface area contributed by atoms with E-state index in [9.17, 15) is 13.2 Å². The molecule has 0 bridgehead atoms. The zero-order valence-corrected chi connectivity index (χ0v) is 17.4. The molecule has 1 fully saturated rings. The highest BCUT2D eigenvalue weighted by molar-refractivity contribution is 7.91. The molecule has 1 aromatic carbocycles. The zero-order chi connectivity index (χ0) is 19.8. The monoisotopic (exact) mass is 451 g/mol. The maximum absolute atomic E-state index is 12.5. The third kappa shape index (κ3) is 4.39. The molecule has 0 amide bonds. The van der Waals surface area contributed by atoms with Crippen LogP contribution >= 0.6 is 34.8 Å². The van der Waals surface area contributed by atoms with Crippen molar-refractivity contribution in [3.05, 3.63) is 33.4 Å². The van der Waals surface area contributed by atoms with Gasteiger partial charge in [0.05, 0.1) is 45.8 Å². The molecule has 1 aliphatic heterocycles. The van der Waals surface area contributed by atoms with Crippen LogP contribution in [-0.4, -0.2) is 44.7 Å². The first-order chi connectivity index (χ1) is 12.7. The summed E-state index contributed by atoms with van der Waals surface area (Å²) < 4.78 is 36.0. The second kappa shape index (κ2) is 8.19. The summed E-state index contributed by atoms with van der Waals surface area (Å²) in [5.74, 6) is 0.233. The fraction of sp³-hybridized carbons (Fsp3) is 0.412. The van der Waals surface area contributed by atoms with Gasteiger partial charge in [-0.15, -0.1) is 0 Å². The molecular weight excluding hydrogens is 437 g/mol. The SMILES string of the molecule is CS(=O)(=O)c1c(COCC2CCOC2)c(Cl)c(C(=O)Cl)c2ncc(Cl)cc12. The minimum Gasteiger partial charge on any atom is -0.381 e. The predicted octanol–water partition coefficient (Wildman–Crippen LogP) is 3.88. The van der Waals surface area contributed by atoms with Gasteiger partial charge in [0.2, 0.25) is 0 Å². The number of carbonyl (C=O) groups is 1. The highest BCUT2D eigenvalue weighted by Gasteiger charge is 2.28. The number of pyridine rings is 1. The van der Waals surface area contributed by atoms with Crippen molar-refractivity contribution in [1.82, 2.24) is 4.98 Å². The molecule has 0 radical (unpaired) electrons. The zero-order valence-electron chi connectivity index (χ0n) is 14.3. The fourth-order valence-corrected chi connectivity index (χ4v) is 5.04. The third-order valence-corrected chi connectivity index (χ3v) is 6.31. The van der Waals surface area contributed by atoms with Crippen LogP contribution in [0, 0.1) is 5.92 Å². The summed E-state index contributed by atoms with van der Waals surface area (Å²) >= 11 is 18.1. The van der Waals surface area contributed by atoms with Gasteiger partial charge in [0.1, 0.15) is 0 Å². The van der Waals surface area contributed by atoms with Crippen LogP contribution in [0.2, 0.25) is 10.0 Å². The van der Waals surface area contributed by atoms with E-state index < -0.39 is 15.1 Å². The molecule has 1 saturated heterocycles. The van der Waals surface area contributed by atoms with Gasteiger partial charge < -0.3 is 9.47 Å². The van der Waals surface area contributed by atoms with Crippen LogP contribution in [0.1, 0.15) is 22.3 Å². The molecule has 146 valence electrons. The number of ether oxygens (including phenoxy) is 2. The van der Waals surface area contributed by atoms with Gasteiger partial charge in [-0.05, 0) is 24.1 Å².